The molecule has 0 saturated carbocycles. The fourth-order valence-electron chi connectivity index (χ4n) is 2.11. The molecule has 1 aliphatic heterocycles. The lowest BCUT2D eigenvalue weighted by atomic mass is 9.94. The highest BCUT2D eigenvalue weighted by molar-refractivity contribution is 7.15. The van der Waals surface area contributed by atoms with Gasteiger partial charge in [-0.2, -0.15) is 0 Å². The third-order valence-corrected chi connectivity index (χ3v) is 4.33. The molecule has 0 aromatic carbocycles. The molecular weight excluding hydrogens is 246 g/mol. The number of anilines is 1. The summed E-state index contributed by atoms with van der Waals surface area (Å²) in [6.07, 6.45) is 4.82. The number of hydrogen-bond donors (Lipinski definition) is 2. The molecule has 4 nitrogen and oxygen atoms in total. The molecule has 1 aromatic rings. The number of nitrogens with zero attached hydrogens (tertiary/aromatic N) is 2. The number of thiazole rings is 1. The summed E-state index contributed by atoms with van der Waals surface area (Å²) < 4.78 is 0. The molecule has 0 aliphatic carbocycles. The summed E-state index contributed by atoms with van der Waals surface area (Å²) in [6.45, 7) is 7.98. The predicted octanol–water partition coefficient (Wildman–Crippen LogP) is 2.31. The molecule has 1 aliphatic rings. The number of hydrogen-bond acceptors (Lipinski definition) is 5. The molecule has 0 amide bonds. The van der Waals surface area contributed by atoms with Crippen LogP contribution in [-0.2, 0) is 6.54 Å². The van der Waals surface area contributed by atoms with Gasteiger partial charge in [0.15, 0.2) is 5.13 Å². The van der Waals surface area contributed by atoms with E-state index in [0.29, 0.717) is 0 Å². The van der Waals surface area contributed by atoms with E-state index >= 15 is 0 Å². The van der Waals surface area contributed by atoms with Crippen molar-refractivity contribution in [2.24, 2.45) is 0 Å². The molecule has 1 fully saturated rings. The molecule has 2 rings (SSSR count). The largest absolute Gasteiger partial charge is 0.390 e. The van der Waals surface area contributed by atoms with Crippen LogP contribution in [-0.4, -0.2) is 40.2 Å². The van der Waals surface area contributed by atoms with E-state index < -0.39 is 5.60 Å². The third-order valence-electron chi connectivity index (χ3n) is 3.39. The number of nitrogens with one attached hydrogen (secondary N) is 1. The van der Waals surface area contributed by atoms with E-state index in [0.717, 1.165) is 50.6 Å². The zero-order valence-corrected chi connectivity index (χ0v) is 12.1. The lowest BCUT2D eigenvalue weighted by Gasteiger charge is -2.35. The Bertz CT molecular complexity index is 368. The van der Waals surface area contributed by atoms with Crippen LogP contribution < -0.4 is 5.32 Å². The Morgan fingerprint density at radius 3 is 2.89 bits per heavy atom. The monoisotopic (exact) mass is 269 g/mol. The zero-order chi connectivity index (χ0) is 13.0. The maximum Gasteiger partial charge on any atom is 0.182 e. The zero-order valence-electron chi connectivity index (χ0n) is 11.3. The molecule has 5 heteroatoms. The van der Waals surface area contributed by atoms with Gasteiger partial charge in [0, 0.05) is 37.3 Å². The summed E-state index contributed by atoms with van der Waals surface area (Å²) in [5.41, 5.74) is -0.460. The summed E-state index contributed by atoms with van der Waals surface area (Å²) in [4.78, 5) is 8.08. The minimum absolute atomic E-state index is 0.460. The van der Waals surface area contributed by atoms with Gasteiger partial charge < -0.3 is 10.4 Å². The van der Waals surface area contributed by atoms with Crippen molar-refractivity contribution >= 4 is 16.5 Å². The average molecular weight is 269 g/mol. The van der Waals surface area contributed by atoms with E-state index in [-0.39, 0.29) is 0 Å². The van der Waals surface area contributed by atoms with Gasteiger partial charge in [-0.05, 0) is 26.2 Å². The van der Waals surface area contributed by atoms with Gasteiger partial charge in [0.05, 0.1) is 5.60 Å². The van der Waals surface area contributed by atoms with E-state index in [4.69, 9.17) is 0 Å². The Morgan fingerprint density at radius 1 is 1.50 bits per heavy atom. The molecule has 1 saturated heterocycles. The van der Waals surface area contributed by atoms with Crippen LogP contribution >= 0.6 is 11.3 Å². The first-order valence-corrected chi connectivity index (χ1v) is 7.54. The van der Waals surface area contributed by atoms with Crippen molar-refractivity contribution in [1.29, 1.82) is 0 Å². The summed E-state index contributed by atoms with van der Waals surface area (Å²) in [5.74, 6) is 0. The van der Waals surface area contributed by atoms with E-state index in [9.17, 15) is 5.11 Å². The van der Waals surface area contributed by atoms with Crippen LogP contribution in [0.5, 0.6) is 0 Å². The minimum Gasteiger partial charge on any atom is -0.390 e. The Hall–Kier alpha value is -0.650. The van der Waals surface area contributed by atoms with Crippen LogP contribution in [0.3, 0.4) is 0 Å². The molecular formula is C13H23N3OS. The lowest BCUT2D eigenvalue weighted by molar-refractivity contribution is -0.00707. The molecule has 1 aromatic heterocycles. The Morgan fingerprint density at radius 2 is 2.22 bits per heavy atom. The number of aromatic nitrogens is 1. The summed E-state index contributed by atoms with van der Waals surface area (Å²) >= 11 is 1.74. The van der Waals surface area contributed by atoms with Gasteiger partial charge >= 0.3 is 0 Å². The van der Waals surface area contributed by atoms with Crippen LogP contribution in [0.15, 0.2) is 6.20 Å². The normalized spacial score (nSPS) is 19.9. The molecule has 2 heterocycles. The van der Waals surface area contributed by atoms with Gasteiger partial charge in [-0.1, -0.05) is 6.92 Å². The molecule has 18 heavy (non-hydrogen) atoms. The molecule has 0 bridgehead atoms. The highest BCUT2D eigenvalue weighted by Crippen LogP contribution is 2.25. The fraction of sp³-hybridized carbons (Fsp3) is 0.769. The quantitative estimate of drug-likeness (QED) is 0.861. The highest BCUT2D eigenvalue weighted by Gasteiger charge is 2.27. The van der Waals surface area contributed by atoms with Gasteiger partial charge in [0.25, 0.3) is 0 Å². The minimum atomic E-state index is -0.460. The predicted molar refractivity (Wildman–Crippen MR) is 76.0 cm³/mol. The van der Waals surface area contributed by atoms with Crippen molar-refractivity contribution in [3.05, 3.63) is 11.1 Å². The standard InChI is InChI=1S/C13H23N3OS/c1-3-6-14-12-15-9-11(18-12)10-16-7-4-13(2,17)5-8-16/h9,17H,3-8,10H2,1-2H3,(H,14,15). The maximum atomic E-state index is 9.91. The number of aliphatic hydroxyl groups is 1. The van der Waals surface area contributed by atoms with Crippen LogP contribution in [0.25, 0.3) is 0 Å². The topological polar surface area (TPSA) is 48.4 Å². The first kappa shape index (κ1) is 13.8. The molecule has 0 unspecified atom stereocenters. The second-order valence-electron chi connectivity index (χ2n) is 5.33. The van der Waals surface area contributed by atoms with Crippen molar-refractivity contribution in [2.75, 3.05) is 25.0 Å². The number of likely N-dealkylation sites (tertiary alicyclic amines) is 1. The van der Waals surface area contributed by atoms with Crippen molar-refractivity contribution in [3.63, 3.8) is 0 Å². The second-order valence-corrected chi connectivity index (χ2v) is 6.45. The first-order valence-electron chi connectivity index (χ1n) is 6.72. The molecule has 2 N–H and O–H groups in total. The van der Waals surface area contributed by atoms with E-state index in [2.05, 4.69) is 22.1 Å². The third kappa shape index (κ3) is 3.93. The van der Waals surface area contributed by atoms with Gasteiger partial charge in [0.2, 0.25) is 0 Å². The van der Waals surface area contributed by atoms with Crippen LogP contribution in [0.4, 0.5) is 5.13 Å². The van der Waals surface area contributed by atoms with Crippen LogP contribution in [0.2, 0.25) is 0 Å². The number of rotatable bonds is 5. The summed E-state index contributed by atoms with van der Waals surface area (Å²) in [5, 5.41) is 14.3. The molecule has 0 radical (unpaired) electrons. The van der Waals surface area contributed by atoms with E-state index in [1.165, 1.54) is 4.88 Å². The van der Waals surface area contributed by atoms with Gasteiger partial charge in [0.1, 0.15) is 0 Å². The van der Waals surface area contributed by atoms with Crippen LogP contribution in [0, 0.1) is 0 Å². The van der Waals surface area contributed by atoms with Gasteiger partial charge in [-0.3, -0.25) is 4.90 Å². The average Bonchev–Trinajstić information content (AvgIpc) is 2.77. The summed E-state index contributed by atoms with van der Waals surface area (Å²) in [7, 11) is 0. The van der Waals surface area contributed by atoms with Crippen molar-refractivity contribution in [3.8, 4) is 0 Å². The maximum absolute atomic E-state index is 9.91. The smallest absolute Gasteiger partial charge is 0.182 e. The van der Waals surface area contributed by atoms with Gasteiger partial charge in [-0.25, -0.2) is 4.98 Å². The highest BCUT2D eigenvalue weighted by atomic mass is 32.1. The van der Waals surface area contributed by atoms with E-state index in [1.54, 1.807) is 11.3 Å². The van der Waals surface area contributed by atoms with Crippen molar-refractivity contribution < 1.29 is 5.11 Å². The molecule has 0 atom stereocenters. The Labute approximate surface area is 113 Å². The lowest BCUT2D eigenvalue weighted by Crippen LogP contribution is -2.41. The van der Waals surface area contributed by atoms with E-state index in [1.807, 2.05) is 13.1 Å². The van der Waals surface area contributed by atoms with Crippen molar-refractivity contribution in [2.45, 2.75) is 45.3 Å². The Balaban J connectivity index is 1.81. The van der Waals surface area contributed by atoms with Gasteiger partial charge in [-0.15, -0.1) is 11.3 Å². The Kier molecular flexibility index (Phi) is 4.59. The number of piperidine rings is 1. The first-order chi connectivity index (χ1) is 8.59. The molecule has 102 valence electrons. The van der Waals surface area contributed by atoms with Crippen molar-refractivity contribution in [1.82, 2.24) is 9.88 Å². The van der Waals surface area contributed by atoms with Crippen LogP contribution in [0.1, 0.15) is 38.0 Å². The molecule has 0 spiro atoms. The summed E-state index contributed by atoms with van der Waals surface area (Å²) in [6, 6.07) is 0. The second kappa shape index (κ2) is 5.99. The SMILES string of the molecule is CCCNc1ncc(CN2CCC(C)(O)CC2)s1. The fourth-order valence-corrected chi connectivity index (χ4v) is 2.99.